The molecular weight excluding hydrogens is 1120 g/mol. The standard InChI is InChI=1S/C57H94O27/c1-22(19-74-50-44(69)41(66)38(63)32(17-58)79-50)9-14-57(73-6)23(2)35-31(84-57)16-29-27-8-7-25-15-26(10-12-55(25,4)28(27)11-13-56(29,35)5)78-53-46(71)42(67)39(64)34(81-53)21-76-54-49(83-52-45(70)40(65)36(61)24(3)77-52)47(72)48(33(18-59)80-54)82-51-43(68)37(62)30(60)20-75-51/h7,22-24,26-54,58-72H,8-21H2,1-6H3/t22-,23+,24+,26+,27-,28+,29-,30-,31+,32-,33-,34-,35+,36+,37+,38-,39-,40-,41+,42+,43-,44-,45-,46-,47+,48-,49-,50-,51+,52+,53-,54-,55+,56+,57-/m1/s1. The lowest BCUT2D eigenvalue weighted by atomic mass is 9.47. The van der Waals surface area contributed by atoms with Gasteiger partial charge in [-0.15, -0.1) is 0 Å². The molecule has 6 heterocycles. The molecule has 35 atom stereocenters. The Bertz CT molecular complexity index is 2200. The molecule has 15 N–H and O–H groups in total. The second-order valence-corrected chi connectivity index (χ2v) is 26.4. The Morgan fingerprint density at radius 2 is 1.24 bits per heavy atom. The van der Waals surface area contributed by atoms with Gasteiger partial charge in [-0.25, -0.2) is 0 Å². The first-order valence-electron chi connectivity index (χ1n) is 30.2. The number of fused-ring (bicyclic) bond motifs is 7. The van der Waals surface area contributed by atoms with Crippen molar-refractivity contribution in [2.24, 2.45) is 46.3 Å². The van der Waals surface area contributed by atoms with E-state index in [1.807, 2.05) is 6.92 Å². The minimum absolute atomic E-state index is 0.00449. The summed E-state index contributed by atoms with van der Waals surface area (Å²) < 4.78 is 72.4. The number of aliphatic hydroxyl groups is 15. The van der Waals surface area contributed by atoms with Crippen LogP contribution in [0.4, 0.5) is 0 Å². The van der Waals surface area contributed by atoms with Gasteiger partial charge in [0.1, 0.15) is 110 Å². The SMILES string of the molecule is CO[C@]1(CC[C@@H](C)CO[C@@H]2O[C@H](CO)[C@@H](O)[C@H](O)[C@H]2O)O[C@H]2C[C@@H]3[C@@H]4CC=C5C[C@@H](O[C@@H]6O[C@H](CO[C@@H]7O[C@H](CO)[C@@H](O[C@@H]8OC[C@@H](O)[C@H](O)[C@H]8O)[C@H](O)[C@H]7O[C@@H]7O[C@@H](C)[C@H](O)[C@@H](O)[C@H]7O)[C@@H](O)[C@H](O)[C@H]6O)CC[C@]5(C)[C@H]4CC[C@]3(C)[C@H]2[C@@H]1C. The van der Waals surface area contributed by atoms with Gasteiger partial charge in [0.15, 0.2) is 37.2 Å². The van der Waals surface area contributed by atoms with Crippen molar-refractivity contribution in [2.75, 3.05) is 40.1 Å². The summed E-state index contributed by atoms with van der Waals surface area (Å²) in [4.78, 5) is 0. The zero-order valence-electron chi connectivity index (χ0n) is 48.6. The molecule has 0 bridgehead atoms. The number of aliphatic hydroxyl groups excluding tert-OH is 15. The maximum absolute atomic E-state index is 11.9. The van der Waals surface area contributed by atoms with E-state index in [4.69, 9.17) is 56.8 Å². The van der Waals surface area contributed by atoms with Crippen LogP contribution >= 0.6 is 0 Å². The van der Waals surface area contributed by atoms with Gasteiger partial charge >= 0.3 is 0 Å². The first kappa shape index (κ1) is 65.6. The summed E-state index contributed by atoms with van der Waals surface area (Å²) in [6.07, 6.45) is -28.7. The molecule has 10 aliphatic rings. The summed E-state index contributed by atoms with van der Waals surface area (Å²) in [5.74, 6) is 0.779. The average Bonchev–Trinajstić information content (AvgIpc) is 1.53. The van der Waals surface area contributed by atoms with Crippen LogP contribution < -0.4 is 0 Å². The van der Waals surface area contributed by atoms with E-state index in [0.29, 0.717) is 43.4 Å². The van der Waals surface area contributed by atoms with Crippen molar-refractivity contribution in [2.45, 2.75) is 258 Å². The van der Waals surface area contributed by atoms with Crippen LogP contribution in [0.25, 0.3) is 0 Å². The Kier molecular flexibility index (Phi) is 20.4. The largest absolute Gasteiger partial charge is 0.394 e. The lowest BCUT2D eigenvalue weighted by molar-refractivity contribution is -0.386. The van der Waals surface area contributed by atoms with E-state index in [9.17, 15) is 76.6 Å². The monoisotopic (exact) mass is 1210 g/mol. The molecule has 3 saturated carbocycles. The Morgan fingerprint density at radius 3 is 1.93 bits per heavy atom. The van der Waals surface area contributed by atoms with Crippen LogP contribution in [0.2, 0.25) is 0 Å². The summed E-state index contributed by atoms with van der Waals surface area (Å²) in [5.41, 5.74) is 1.14. The quantitative estimate of drug-likeness (QED) is 0.0584. The van der Waals surface area contributed by atoms with E-state index in [1.165, 1.54) is 12.5 Å². The molecule has 10 rings (SSSR count). The van der Waals surface area contributed by atoms with Crippen molar-refractivity contribution in [3.8, 4) is 0 Å². The molecule has 6 saturated heterocycles. The molecule has 0 spiro atoms. The fraction of sp³-hybridized carbons (Fsp3) is 0.965. The van der Waals surface area contributed by atoms with Gasteiger partial charge in [0.05, 0.1) is 51.3 Å². The van der Waals surface area contributed by atoms with Crippen LogP contribution in [-0.2, 0) is 56.8 Å². The van der Waals surface area contributed by atoms with Gasteiger partial charge < -0.3 is 133 Å². The molecule has 27 nitrogen and oxygen atoms in total. The molecule has 0 aromatic carbocycles. The van der Waals surface area contributed by atoms with Crippen molar-refractivity contribution in [1.29, 1.82) is 0 Å². The summed E-state index contributed by atoms with van der Waals surface area (Å²) >= 11 is 0. The van der Waals surface area contributed by atoms with Crippen LogP contribution in [0.3, 0.4) is 0 Å². The molecule has 0 aromatic heterocycles. The maximum atomic E-state index is 11.9. The molecule has 9 fully saturated rings. The minimum Gasteiger partial charge on any atom is -0.394 e. The number of allylic oxidation sites excluding steroid dienone is 1. The Labute approximate surface area is 488 Å². The minimum atomic E-state index is -1.89. The van der Waals surface area contributed by atoms with E-state index < -0.39 is 186 Å². The molecule has 0 amide bonds. The summed E-state index contributed by atoms with van der Waals surface area (Å²) in [7, 11) is 1.71. The predicted octanol–water partition coefficient (Wildman–Crippen LogP) is -3.89. The number of hydrogen-bond donors (Lipinski definition) is 15. The Balaban J connectivity index is 0.760. The fourth-order valence-corrected chi connectivity index (χ4v) is 16.4. The normalized spacial score (nSPS) is 54.4. The van der Waals surface area contributed by atoms with Gasteiger partial charge in [-0.1, -0.05) is 39.3 Å². The van der Waals surface area contributed by atoms with Crippen molar-refractivity contribution in [3.05, 3.63) is 11.6 Å². The fourth-order valence-electron chi connectivity index (χ4n) is 16.4. The molecule has 6 aliphatic heterocycles. The van der Waals surface area contributed by atoms with Crippen molar-refractivity contribution < 1.29 is 133 Å². The molecule has 0 radical (unpaired) electrons. The molecule has 4 aliphatic carbocycles. The van der Waals surface area contributed by atoms with Gasteiger partial charge in [-0.2, -0.15) is 0 Å². The second kappa shape index (κ2) is 26.1. The topological polar surface area (TPSA) is 414 Å². The van der Waals surface area contributed by atoms with E-state index in [1.54, 1.807) is 7.11 Å². The van der Waals surface area contributed by atoms with Gasteiger partial charge in [0.2, 0.25) is 0 Å². The first-order chi connectivity index (χ1) is 39.8. The third-order valence-electron chi connectivity index (χ3n) is 21.5. The lowest BCUT2D eigenvalue weighted by Crippen LogP contribution is -2.66. The van der Waals surface area contributed by atoms with E-state index in [-0.39, 0.29) is 41.3 Å². The predicted molar refractivity (Wildman–Crippen MR) is 282 cm³/mol. The number of ether oxygens (including phenoxy) is 12. The first-order valence-corrected chi connectivity index (χ1v) is 30.2. The highest BCUT2D eigenvalue weighted by molar-refractivity contribution is 5.26. The van der Waals surface area contributed by atoms with Crippen LogP contribution in [0, 0.1) is 46.3 Å². The van der Waals surface area contributed by atoms with Crippen molar-refractivity contribution >= 4 is 0 Å². The summed E-state index contributed by atoms with van der Waals surface area (Å²) in [5, 5.41) is 159. The highest BCUT2D eigenvalue weighted by Gasteiger charge is 2.68. The number of hydrogen-bond acceptors (Lipinski definition) is 27. The Morgan fingerprint density at radius 1 is 0.619 bits per heavy atom. The number of methoxy groups -OCH3 is 1. The molecular formula is C57H94O27. The lowest BCUT2D eigenvalue weighted by Gasteiger charge is -2.58. The van der Waals surface area contributed by atoms with Crippen molar-refractivity contribution in [3.63, 3.8) is 0 Å². The Hall–Kier alpha value is -1.34. The third kappa shape index (κ3) is 12.0. The third-order valence-corrected chi connectivity index (χ3v) is 21.5. The highest BCUT2D eigenvalue weighted by Crippen LogP contribution is 2.70. The average molecular weight is 1210 g/mol. The molecule has 0 unspecified atom stereocenters. The van der Waals surface area contributed by atoms with Gasteiger partial charge in [0.25, 0.3) is 0 Å². The second-order valence-electron chi connectivity index (χ2n) is 26.4. The number of rotatable bonds is 18. The van der Waals surface area contributed by atoms with Crippen LogP contribution in [0.15, 0.2) is 11.6 Å². The van der Waals surface area contributed by atoms with Gasteiger partial charge in [-0.05, 0) is 98.7 Å². The molecule has 0 aromatic rings. The van der Waals surface area contributed by atoms with Gasteiger partial charge in [-0.3, -0.25) is 0 Å². The summed E-state index contributed by atoms with van der Waals surface area (Å²) in [6.45, 7) is 8.23. The van der Waals surface area contributed by atoms with E-state index in [2.05, 4.69) is 26.8 Å². The van der Waals surface area contributed by atoms with Crippen LogP contribution in [-0.4, -0.2) is 282 Å². The molecule has 27 heteroatoms. The highest BCUT2D eigenvalue weighted by atomic mass is 16.8. The van der Waals surface area contributed by atoms with Crippen molar-refractivity contribution in [1.82, 2.24) is 0 Å². The maximum Gasteiger partial charge on any atom is 0.187 e. The summed E-state index contributed by atoms with van der Waals surface area (Å²) in [6, 6.07) is 0. The van der Waals surface area contributed by atoms with Crippen LogP contribution in [0.5, 0.6) is 0 Å². The molecule has 484 valence electrons. The van der Waals surface area contributed by atoms with E-state index >= 15 is 0 Å². The van der Waals surface area contributed by atoms with Gasteiger partial charge in [0, 0.05) is 19.4 Å². The zero-order chi connectivity index (χ0) is 60.6. The van der Waals surface area contributed by atoms with E-state index in [0.717, 1.165) is 32.1 Å². The van der Waals surface area contributed by atoms with Crippen LogP contribution in [0.1, 0.15) is 92.4 Å². The zero-order valence-corrected chi connectivity index (χ0v) is 48.6. The molecule has 84 heavy (non-hydrogen) atoms. The smallest absolute Gasteiger partial charge is 0.187 e.